The molecule has 2 rings (SSSR count). The van der Waals surface area contributed by atoms with Gasteiger partial charge in [-0.05, 0) is 11.1 Å². The topological polar surface area (TPSA) is 38.3 Å². The number of ether oxygens (including phenoxy) is 1. The molecule has 13 heavy (non-hydrogen) atoms. The molecule has 1 aliphatic heterocycles. The van der Waals surface area contributed by atoms with Crippen LogP contribution in [-0.2, 0) is 16.1 Å². The molecule has 1 heterocycles. The average molecular weight is 177 g/mol. The maximum Gasteiger partial charge on any atom is 0.327 e. The van der Waals surface area contributed by atoms with Gasteiger partial charge in [0.1, 0.15) is 6.04 Å². The number of nitrogens with one attached hydrogen (secondary N) is 1. The largest absolute Gasteiger partial charge is 0.468 e. The lowest BCUT2D eigenvalue weighted by Crippen LogP contribution is -2.22. The van der Waals surface area contributed by atoms with Crippen molar-refractivity contribution in [3.8, 4) is 0 Å². The highest BCUT2D eigenvalue weighted by molar-refractivity contribution is 5.79. The third-order valence-corrected chi connectivity index (χ3v) is 2.30. The summed E-state index contributed by atoms with van der Waals surface area (Å²) in [6, 6.07) is 7.60. The van der Waals surface area contributed by atoms with Gasteiger partial charge in [0, 0.05) is 6.54 Å². The van der Waals surface area contributed by atoms with Gasteiger partial charge in [0.25, 0.3) is 0 Å². The van der Waals surface area contributed by atoms with Crippen LogP contribution in [0, 0.1) is 0 Å². The fourth-order valence-electron chi connectivity index (χ4n) is 1.63. The molecule has 0 aliphatic carbocycles. The van der Waals surface area contributed by atoms with Gasteiger partial charge >= 0.3 is 5.97 Å². The first-order chi connectivity index (χ1) is 6.33. The summed E-state index contributed by atoms with van der Waals surface area (Å²) in [7, 11) is 1.41. The molecule has 0 aromatic heterocycles. The summed E-state index contributed by atoms with van der Waals surface area (Å²) in [6.07, 6.45) is 0. The predicted molar refractivity (Wildman–Crippen MR) is 48.0 cm³/mol. The molecule has 0 amide bonds. The first kappa shape index (κ1) is 8.26. The van der Waals surface area contributed by atoms with Crippen LogP contribution in [0.15, 0.2) is 24.3 Å². The summed E-state index contributed by atoms with van der Waals surface area (Å²) in [4.78, 5) is 11.3. The molecule has 3 heteroatoms. The van der Waals surface area contributed by atoms with Crippen LogP contribution in [0.1, 0.15) is 17.2 Å². The molecule has 0 bridgehead atoms. The second kappa shape index (κ2) is 3.18. The Hall–Kier alpha value is -1.35. The van der Waals surface area contributed by atoms with E-state index in [0.29, 0.717) is 0 Å². The van der Waals surface area contributed by atoms with Crippen LogP contribution in [0.25, 0.3) is 0 Å². The zero-order chi connectivity index (χ0) is 9.26. The van der Waals surface area contributed by atoms with E-state index in [1.54, 1.807) is 0 Å². The van der Waals surface area contributed by atoms with Crippen molar-refractivity contribution in [3.05, 3.63) is 35.4 Å². The van der Waals surface area contributed by atoms with Crippen LogP contribution in [-0.4, -0.2) is 13.1 Å². The van der Waals surface area contributed by atoms with Crippen molar-refractivity contribution in [1.29, 1.82) is 0 Å². The number of rotatable bonds is 1. The Bertz CT molecular complexity index is 335. The van der Waals surface area contributed by atoms with E-state index in [4.69, 9.17) is 0 Å². The Balaban J connectivity index is 2.33. The lowest BCUT2D eigenvalue weighted by Gasteiger charge is -2.08. The molecular formula is C10H11NO2. The van der Waals surface area contributed by atoms with Crippen LogP contribution < -0.4 is 5.32 Å². The van der Waals surface area contributed by atoms with Gasteiger partial charge in [0.05, 0.1) is 7.11 Å². The number of esters is 1. The SMILES string of the molecule is COC(=O)[C@H]1NCc2ccccc21. The van der Waals surface area contributed by atoms with Crippen LogP contribution in [0.3, 0.4) is 0 Å². The summed E-state index contributed by atoms with van der Waals surface area (Å²) in [6.45, 7) is 0.746. The number of fused-ring (bicyclic) bond motifs is 1. The quantitative estimate of drug-likeness (QED) is 0.650. The Morgan fingerprint density at radius 3 is 3.08 bits per heavy atom. The standard InChI is InChI=1S/C10H11NO2/c1-13-10(12)9-8-5-3-2-4-7(8)6-11-9/h2-5,9,11H,6H2,1H3/t9-/m0/s1. The third kappa shape index (κ3) is 1.31. The molecule has 0 spiro atoms. The predicted octanol–water partition coefficient (Wildman–Crippen LogP) is 1.00. The van der Waals surface area contributed by atoms with E-state index >= 15 is 0 Å². The van der Waals surface area contributed by atoms with Gasteiger partial charge in [-0.3, -0.25) is 5.32 Å². The molecule has 0 unspecified atom stereocenters. The highest BCUT2D eigenvalue weighted by Gasteiger charge is 2.27. The van der Waals surface area contributed by atoms with E-state index in [1.165, 1.54) is 12.7 Å². The van der Waals surface area contributed by atoms with Gasteiger partial charge < -0.3 is 4.74 Å². The molecule has 1 aliphatic rings. The number of carbonyl (C=O) groups excluding carboxylic acids is 1. The van der Waals surface area contributed by atoms with Crippen LogP contribution >= 0.6 is 0 Å². The van der Waals surface area contributed by atoms with Crippen molar-refractivity contribution in [2.75, 3.05) is 7.11 Å². The minimum Gasteiger partial charge on any atom is -0.468 e. The van der Waals surface area contributed by atoms with E-state index in [9.17, 15) is 4.79 Å². The molecule has 1 aromatic rings. The van der Waals surface area contributed by atoms with E-state index in [0.717, 1.165) is 12.1 Å². The lowest BCUT2D eigenvalue weighted by atomic mass is 10.1. The fourth-order valence-corrected chi connectivity index (χ4v) is 1.63. The molecule has 0 fully saturated rings. The van der Waals surface area contributed by atoms with Crippen molar-refractivity contribution in [3.63, 3.8) is 0 Å². The second-order valence-electron chi connectivity index (χ2n) is 3.04. The number of methoxy groups -OCH3 is 1. The first-order valence-electron chi connectivity index (χ1n) is 4.22. The zero-order valence-electron chi connectivity index (χ0n) is 7.41. The minimum absolute atomic E-state index is 0.218. The molecular weight excluding hydrogens is 166 g/mol. The van der Waals surface area contributed by atoms with Crippen molar-refractivity contribution in [2.24, 2.45) is 0 Å². The van der Waals surface area contributed by atoms with Gasteiger partial charge in [0.15, 0.2) is 0 Å². The number of hydrogen-bond acceptors (Lipinski definition) is 3. The van der Waals surface area contributed by atoms with Crippen molar-refractivity contribution < 1.29 is 9.53 Å². The Labute approximate surface area is 76.7 Å². The van der Waals surface area contributed by atoms with Gasteiger partial charge in [0.2, 0.25) is 0 Å². The summed E-state index contributed by atoms with van der Waals surface area (Å²) in [5.74, 6) is -0.218. The number of benzene rings is 1. The summed E-state index contributed by atoms with van der Waals surface area (Å²) in [5, 5.41) is 3.10. The summed E-state index contributed by atoms with van der Waals surface area (Å²) < 4.78 is 4.69. The lowest BCUT2D eigenvalue weighted by molar-refractivity contribution is -0.143. The number of carbonyl (C=O) groups is 1. The van der Waals surface area contributed by atoms with Crippen molar-refractivity contribution >= 4 is 5.97 Å². The Morgan fingerprint density at radius 1 is 1.54 bits per heavy atom. The van der Waals surface area contributed by atoms with E-state index in [1.807, 2.05) is 24.3 Å². The normalized spacial score (nSPS) is 19.6. The van der Waals surface area contributed by atoms with E-state index < -0.39 is 0 Å². The first-order valence-corrected chi connectivity index (χ1v) is 4.22. The van der Waals surface area contributed by atoms with Crippen LogP contribution in [0.5, 0.6) is 0 Å². The molecule has 68 valence electrons. The molecule has 0 saturated heterocycles. The van der Waals surface area contributed by atoms with Crippen LogP contribution in [0.2, 0.25) is 0 Å². The molecule has 0 radical (unpaired) electrons. The highest BCUT2D eigenvalue weighted by Crippen LogP contribution is 2.25. The van der Waals surface area contributed by atoms with Gasteiger partial charge in [-0.15, -0.1) is 0 Å². The maximum absolute atomic E-state index is 11.3. The Kier molecular flexibility index (Phi) is 2.02. The zero-order valence-corrected chi connectivity index (χ0v) is 7.41. The van der Waals surface area contributed by atoms with Gasteiger partial charge in [-0.2, -0.15) is 0 Å². The third-order valence-electron chi connectivity index (χ3n) is 2.30. The molecule has 1 aromatic carbocycles. The molecule has 0 saturated carbocycles. The Morgan fingerprint density at radius 2 is 2.31 bits per heavy atom. The fraction of sp³-hybridized carbons (Fsp3) is 0.300. The average Bonchev–Trinajstić information content (AvgIpc) is 2.60. The van der Waals surface area contributed by atoms with Gasteiger partial charge in [-0.1, -0.05) is 24.3 Å². The van der Waals surface area contributed by atoms with E-state index in [-0.39, 0.29) is 12.0 Å². The molecule has 3 nitrogen and oxygen atoms in total. The van der Waals surface area contributed by atoms with Crippen molar-refractivity contribution in [2.45, 2.75) is 12.6 Å². The maximum atomic E-state index is 11.3. The highest BCUT2D eigenvalue weighted by atomic mass is 16.5. The van der Waals surface area contributed by atoms with Crippen molar-refractivity contribution in [1.82, 2.24) is 5.32 Å². The van der Waals surface area contributed by atoms with E-state index in [2.05, 4.69) is 10.1 Å². The minimum atomic E-state index is -0.277. The van der Waals surface area contributed by atoms with Gasteiger partial charge in [-0.25, -0.2) is 4.79 Å². The molecule has 1 N–H and O–H groups in total. The summed E-state index contributed by atoms with van der Waals surface area (Å²) >= 11 is 0. The smallest absolute Gasteiger partial charge is 0.327 e. The number of hydrogen-bond donors (Lipinski definition) is 1. The monoisotopic (exact) mass is 177 g/mol. The summed E-state index contributed by atoms with van der Waals surface area (Å²) in [5.41, 5.74) is 2.22. The second-order valence-corrected chi connectivity index (χ2v) is 3.04. The molecule has 1 atom stereocenters. The van der Waals surface area contributed by atoms with Crippen LogP contribution in [0.4, 0.5) is 0 Å².